The van der Waals surface area contributed by atoms with Gasteiger partial charge < -0.3 is 15.2 Å². The monoisotopic (exact) mass is 442 g/mol. The van der Waals surface area contributed by atoms with Crippen LogP contribution in [0.25, 0.3) is 0 Å². The van der Waals surface area contributed by atoms with E-state index in [9.17, 15) is 27.5 Å². The van der Waals surface area contributed by atoms with Crippen molar-refractivity contribution in [2.24, 2.45) is 0 Å². The average molecular weight is 442 g/mol. The first kappa shape index (κ1) is 19.1. The number of benzene rings is 2. The summed E-state index contributed by atoms with van der Waals surface area (Å²) in [5.74, 6) is -1.12. The Morgan fingerprint density at radius 2 is 1.90 bits per heavy atom. The maximum atomic E-state index is 14.0. The Kier molecular flexibility index (Phi) is 5.02. The Morgan fingerprint density at radius 1 is 1.16 bits per heavy atom. The maximum absolute atomic E-state index is 14.0. The van der Waals surface area contributed by atoms with Crippen molar-refractivity contribution in [3.05, 3.63) is 58.9 Å². The molecule has 0 aromatic heterocycles. The Labute approximate surface area is 182 Å². The number of carbonyl (C=O) groups is 1. The highest BCUT2D eigenvalue weighted by atomic mass is 19.4. The molecule has 0 saturated carbocycles. The SMILES string of the molecule is [2H]C([2H])([2H])Oc1ccc(F)cc1C(C)(C)CC(O)(CNc1ccc2c(c1)CCC2=O)C(F)(F)F. The van der Waals surface area contributed by atoms with Crippen LogP contribution in [0.3, 0.4) is 0 Å². The van der Waals surface area contributed by atoms with Crippen LogP contribution < -0.4 is 10.1 Å². The minimum atomic E-state index is -5.07. The summed E-state index contributed by atoms with van der Waals surface area (Å²) in [6.45, 7) is 1.76. The lowest BCUT2D eigenvalue weighted by molar-refractivity contribution is -0.260. The summed E-state index contributed by atoms with van der Waals surface area (Å²) in [4.78, 5) is 11.8. The number of methoxy groups -OCH3 is 1. The van der Waals surface area contributed by atoms with Crippen LogP contribution in [0.4, 0.5) is 23.2 Å². The molecule has 1 atom stereocenters. The fourth-order valence-electron chi connectivity index (χ4n) is 4.02. The molecule has 0 aliphatic heterocycles. The second-order valence-electron chi connectivity index (χ2n) is 8.48. The normalized spacial score (nSPS) is 17.9. The van der Waals surface area contributed by atoms with E-state index in [-0.39, 0.29) is 17.1 Å². The van der Waals surface area contributed by atoms with Gasteiger partial charge >= 0.3 is 6.18 Å². The molecule has 31 heavy (non-hydrogen) atoms. The van der Waals surface area contributed by atoms with Crippen molar-refractivity contribution in [1.82, 2.24) is 0 Å². The molecule has 4 nitrogen and oxygen atoms in total. The second-order valence-corrected chi connectivity index (χ2v) is 8.48. The highest BCUT2D eigenvalue weighted by Gasteiger charge is 2.56. The third kappa shape index (κ3) is 4.69. The van der Waals surface area contributed by atoms with E-state index in [1.54, 1.807) is 6.07 Å². The highest BCUT2D eigenvalue weighted by molar-refractivity contribution is 6.00. The predicted molar refractivity (Wildman–Crippen MR) is 109 cm³/mol. The number of Topliss-reactive ketones (excluding diaryl/α,β-unsaturated/α-hetero) is 1. The van der Waals surface area contributed by atoms with Crippen LogP contribution in [0, 0.1) is 5.82 Å². The lowest BCUT2D eigenvalue weighted by atomic mass is 9.74. The summed E-state index contributed by atoms with van der Waals surface area (Å²) in [5, 5.41) is 13.3. The van der Waals surface area contributed by atoms with Gasteiger partial charge in [0.25, 0.3) is 0 Å². The van der Waals surface area contributed by atoms with Crippen LogP contribution in [0.2, 0.25) is 0 Å². The average Bonchev–Trinajstić information content (AvgIpc) is 3.06. The molecule has 0 radical (unpaired) electrons. The van der Waals surface area contributed by atoms with Crippen LogP contribution >= 0.6 is 0 Å². The molecule has 0 heterocycles. The molecule has 1 unspecified atom stereocenters. The van der Waals surface area contributed by atoms with E-state index in [4.69, 9.17) is 8.85 Å². The van der Waals surface area contributed by atoms with Crippen molar-refractivity contribution in [2.45, 2.75) is 50.3 Å². The Hall–Kier alpha value is -2.61. The Bertz CT molecular complexity index is 1090. The fourth-order valence-corrected chi connectivity index (χ4v) is 4.02. The van der Waals surface area contributed by atoms with Crippen LogP contribution in [0.5, 0.6) is 5.75 Å². The number of ketones is 1. The van der Waals surface area contributed by atoms with Crippen molar-refractivity contribution < 1.29 is 36.3 Å². The van der Waals surface area contributed by atoms with E-state index < -0.39 is 43.0 Å². The van der Waals surface area contributed by atoms with Gasteiger partial charge in [0, 0.05) is 23.2 Å². The van der Waals surface area contributed by atoms with E-state index in [1.807, 2.05) is 0 Å². The number of carbonyl (C=O) groups excluding carboxylic acids is 1. The lowest BCUT2D eigenvalue weighted by Crippen LogP contribution is -2.53. The number of rotatable bonds is 7. The van der Waals surface area contributed by atoms with Crippen molar-refractivity contribution in [3.63, 3.8) is 0 Å². The summed E-state index contributed by atoms with van der Waals surface area (Å²) in [7, 11) is -2.90. The second kappa shape index (κ2) is 8.15. The highest BCUT2D eigenvalue weighted by Crippen LogP contribution is 2.44. The quantitative estimate of drug-likeness (QED) is 0.590. The van der Waals surface area contributed by atoms with E-state index in [0.29, 0.717) is 24.1 Å². The van der Waals surface area contributed by atoms with Crippen LogP contribution in [-0.2, 0) is 11.8 Å². The summed E-state index contributed by atoms with van der Waals surface area (Å²) in [5.41, 5.74) is -3.36. The zero-order valence-electron chi connectivity index (χ0n) is 20.1. The zero-order valence-corrected chi connectivity index (χ0v) is 17.1. The standard InChI is InChI=1S/C23H25F4NO3/c1-21(2,18-11-15(24)5-9-20(18)31-3)12-22(30,23(25,26)27)13-28-16-6-7-17-14(10-16)4-8-19(17)29/h5-7,9-11,28,30H,4,8,12-13H2,1-3H3/i3D3. The molecular formula is C23H25F4NO3. The van der Waals surface area contributed by atoms with Crippen LogP contribution in [0.15, 0.2) is 36.4 Å². The molecule has 0 saturated heterocycles. The smallest absolute Gasteiger partial charge is 0.418 e. The van der Waals surface area contributed by atoms with Gasteiger partial charge in [-0.25, -0.2) is 4.39 Å². The van der Waals surface area contributed by atoms with Gasteiger partial charge in [-0.3, -0.25) is 4.79 Å². The molecule has 1 aliphatic rings. The number of ether oxygens (including phenoxy) is 1. The lowest BCUT2D eigenvalue weighted by Gasteiger charge is -2.38. The number of nitrogens with one attached hydrogen (secondary N) is 1. The summed E-state index contributed by atoms with van der Waals surface area (Å²) in [6, 6.07) is 7.47. The fraction of sp³-hybridized carbons (Fsp3) is 0.435. The van der Waals surface area contributed by atoms with Gasteiger partial charge in [-0.1, -0.05) is 13.8 Å². The number of fused-ring (bicyclic) bond motifs is 1. The molecule has 168 valence electrons. The molecule has 3 rings (SSSR count). The minimum absolute atomic E-state index is 0.0275. The molecule has 2 aromatic rings. The number of hydrogen-bond acceptors (Lipinski definition) is 4. The third-order valence-electron chi connectivity index (χ3n) is 5.65. The first-order valence-electron chi connectivity index (χ1n) is 11.2. The molecule has 0 spiro atoms. The van der Waals surface area contributed by atoms with E-state index in [0.717, 1.165) is 23.8 Å². The molecule has 0 amide bonds. The van der Waals surface area contributed by atoms with Gasteiger partial charge in [0.1, 0.15) is 11.6 Å². The molecule has 2 aromatic carbocycles. The number of halogens is 4. The van der Waals surface area contributed by atoms with Crippen LogP contribution in [-0.4, -0.2) is 36.2 Å². The van der Waals surface area contributed by atoms with Gasteiger partial charge in [-0.2, -0.15) is 13.2 Å². The van der Waals surface area contributed by atoms with E-state index in [2.05, 4.69) is 5.32 Å². The number of aryl methyl sites for hydroxylation is 1. The maximum Gasteiger partial charge on any atom is 0.418 e. The molecular weight excluding hydrogens is 414 g/mol. The molecule has 0 bridgehead atoms. The van der Waals surface area contributed by atoms with Crippen molar-refractivity contribution in [1.29, 1.82) is 0 Å². The van der Waals surface area contributed by atoms with Crippen molar-refractivity contribution in [3.8, 4) is 5.75 Å². The number of alkyl halides is 3. The Balaban J connectivity index is 1.89. The minimum Gasteiger partial charge on any atom is -0.496 e. The molecule has 8 heteroatoms. The topological polar surface area (TPSA) is 58.6 Å². The Morgan fingerprint density at radius 3 is 2.58 bits per heavy atom. The summed E-state index contributed by atoms with van der Waals surface area (Å²) < 4.78 is 82.8. The number of aliphatic hydroxyl groups is 1. The number of hydrogen-bond donors (Lipinski definition) is 2. The zero-order chi connectivity index (χ0) is 25.5. The largest absolute Gasteiger partial charge is 0.496 e. The van der Waals surface area contributed by atoms with Gasteiger partial charge in [-0.05, 0) is 60.2 Å². The first-order chi connectivity index (χ1) is 15.5. The molecule has 1 aliphatic carbocycles. The van der Waals surface area contributed by atoms with Crippen molar-refractivity contribution >= 4 is 11.5 Å². The number of anilines is 1. The predicted octanol–water partition coefficient (Wildman–Crippen LogP) is 5.04. The van der Waals surface area contributed by atoms with Crippen molar-refractivity contribution in [2.75, 3.05) is 18.9 Å². The van der Waals surface area contributed by atoms with Gasteiger partial charge in [-0.15, -0.1) is 0 Å². The van der Waals surface area contributed by atoms with E-state index >= 15 is 0 Å². The third-order valence-corrected chi connectivity index (χ3v) is 5.65. The summed E-state index contributed by atoms with van der Waals surface area (Å²) >= 11 is 0. The van der Waals surface area contributed by atoms with E-state index in [1.165, 1.54) is 26.0 Å². The van der Waals surface area contributed by atoms with Crippen LogP contribution in [0.1, 0.15) is 52.3 Å². The van der Waals surface area contributed by atoms with Gasteiger partial charge in [0.05, 0.1) is 17.7 Å². The first-order valence-corrected chi connectivity index (χ1v) is 9.69. The molecule has 2 N–H and O–H groups in total. The van der Waals surface area contributed by atoms with Gasteiger partial charge in [0.15, 0.2) is 11.4 Å². The van der Waals surface area contributed by atoms with Gasteiger partial charge in [0.2, 0.25) is 0 Å². The molecule has 0 fully saturated rings. The summed E-state index contributed by atoms with van der Waals surface area (Å²) in [6.07, 6.45) is -5.15.